The molecule has 0 spiro atoms. The third kappa shape index (κ3) is 2.44. The second kappa shape index (κ2) is 4.69. The maximum Gasteiger partial charge on any atom is 0.0224 e. The molecule has 0 aromatic heterocycles. The van der Waals surface area contributed by atoms with Gasteiger partial charge in [0.15, 0.2) is 0 Å². The van der Waals surface area contributed by atoms with Crippen LogP contribution in [0.25, 0.3) is 0 Å². The summed E-state index contributed by atoms with van der Waals surface area (Å²) in [5.74, 6) is 2.71. The van der Waals surface area contributed by atoms with Gasteiger partial charge in [-0.15, -0.1) is 0 Å². The lowest BCUT2D eigenvalue weighted by molar-refractivity contribution is 0.173. The van der Waals surface area contributed by atoms with E-state index in [9.17, 15) is 0 Å². The molecular formula is C14H25N. The molecule has 15 heavy (non-hydrogen) atoms. The fourth-order valence-electron chi connectivity index (χ4n) is 3.41. The minimum atomic E-state index is 0.561. The molecule has 0 bridgehead atoms. The van der Waals surface area contributed by atoms with Gasteiger partial charge in [0.05, 0.1) is 0 Å². The van der Waals surface area contributed by atoms with Gasteiger partial charge in [-0.1, -0.05) is 25.5 Å². The molecule has 86 valence electrons. The lowest BCUT2D eigenvalue weighted by Crippen LogP contribution is -2.41. The fraction of sp³-hybridized carbons (Fsp3) is 0.857. The number of allylic oxidation sites excluding steroid dienone is 1. The molecule has 2 aliphatic rings. The quantitative estimate of drug-likeness (QED) is 0.650. The van der Waals surface area contributed by atoms with Crippen molar-refractivity contribution in [3.63, 3.8) is 0 Å². The second-order valence-electron chi connectivity index (χ2n) is 5.54. The topological polar surface area (TPSA) is 12.0 Å². The van der Waals surface area contributed by atoms with Crippen molar-refractivity contribution in [3.8, 4) is 0 Å². The van der Waals surface area contributed by atoms with E-state index >= 15 is 0 Å². The van der Waals surface area contributed by atoms with Crippen LogP contribution in [0.3, 0.4) is 0 Å². The number of hydrogen-bond donors (Lipinski definition) is 1. The largest absolute Gasteiger partial charge is 0.308 e. The maximum absolute atomic E-state index is 3.70. The van der Waals surface area contributed by atoms with Crippen LogP contribution in [0.15, 0.2) is 12.2 Å². The molecule has 5 atom stereocenters. The van der Waals surface area contributed by atoms with Crippen LogP contribution in [-0.2, 0) is 0 Å². The first-order valence-electron chi connectivity index (χ1n) is 6.65. The molecule has 1 aliphatic carbocycles. The molecule has 1 aliphatic heterocycles. The van der Waals surface area contributed by atoms with Gasteiger partial charge in [-0.25, -0.2) is 0 Å². The summed E-state index contributed by atoms with van der Waals surface area (Å²) in [4.78, 5) is 0. The van der Waals surface area contributed by atoms with Gasteiger partial charge in [-0.3, -0.25) is 0 Å². The van der Waals surface area contributed by atoms with Gasteiger partial charge in [0, 0.05) is 12.1 Å². The van der Waals surface area contributed by atoms with E-state index in [0.29, 0.717) is 12.1 Å². The lowest BCUT2D eigenvalue weighted by Gasteiger charge is -2.37. The van der Waals surface area contributed by atoms with Crippen LogP contribution in [0.5, 0.6) is 0 Å². The Kier molecular flexibility index (Phi) is 3.50. The summed E-state index contributed by atoms with van der Waals surface area (Å²) >= 11 is 0. The van der Waals surface area contributed by atoms with Crippen molar-refractivity contribution in [2.45, 2.75) is 58.5 Å². The Morgan fingerprint density at radius 2 is 2.00 bits per heavy atom. The van der Waals surface area contributed by atoms with Gasteiger partial charge in [0.2, 0.25) is 0 Å². The Labute approximate surface area is 94.3 Å². The third-order valence-electron chi connectivity index (χ3n) is 4.46. The predicted molar refractivity (Wildman–Crippen MR) is 65.8 cm³/mol. The summed E-state index contributed by atoms with van der Waals surface area (Å²) in [6.45, 7) is 6.99. The first kappa shape index (κ1) is 11.2. The molecule has 1 fully saturated rings. The van der Waals surface area contributed by atoms with Crippen molar-refractivity contribution >= 4 is 0 Å². The van der Waals surface area contributed by atoms with E-state index < -0.39 is 0 Å². The van der Waals surface area contributed by atoms with Crippen molar-refractivity contribution in [1.82, 2.24) is 5.32 Å². The van der Waals surface area contributed by atoms with E-state index in [2.05, 4.69) is 38.2 Å². The highest BCUT2D eigenvalue weighted by Crippen LogP contribution is 2.39. The molecule has 1 heteroatoms. The molecule has 5 unspecified atom stereocenters. The van der Waals surface area contributed by atoms with E-state index in [-0.39, 0.29) is 0 Å². The summed E-state index contributed by atoms with van der Waals surface area (Å²) < 4.78 is 0. The van der Waals surface area contributed by atoms with Crippen molar-refractivity contribution in [3.05, 3.63) is 12.2 Å². The van der Waals surface area contributed by atoms with Crippen molar-refractivity contribution in [2.75, 3.05) is 0 Å². The highest BCUT2D eigenvalue weighted by atomic mass is 14.9. The average molecular weight is 207 g/mol. The van der Waals surface area contributed by atoms with Crippen molar-refractivity contribution in [1.29, 1.82) is 0 Å². The molecule has 0 amide bonds. The van der Waals surface area contributed by atoms with Crippen LogP contribution in [0.2, 0.25) is 0 Å². The molecule has 1 N–H and O–H groups in total. The smallest absolute Gasteiger partial charge is 0.0224 e. The van der Waals surface area contributed by atoms with Crippen LogP contribution < -0.4 is 5.32 Å². The summed E-state index contributed by atoms with van der Waals surface area (Å²) in [6.07, 6.45) is 10.5. The number of fused-ring (bicyclic) bond motifs is 1. The summed E-state index contributed by atoms with van der Waals surface area (Å²) in [7, 11) is 0. The normalized spacial score (nSPS) is 45.9. The SMILES string of the molecule is CCC1CCC2C=CC(C)NC(C)C2C1. The number of rotatable bonds is 1. The predicted octanol–water partition coefficient (Wildman–Crippen LogP) is 3.37. The monoisotopic (exact) mass is 207 g/mol. The van der Waals surface area contributed by atoms with Crippen LogP contribution >= 0.6 is 0 Å². The van der Waals surface area contributed by atoms with E-state index in [1.165, 1.54) is 25.7 Å². The number of hydrogen-bond acceptors (Lipinski definition) is 1. The third-order valence-corrected chi connectivity index (χ3v) is 4.46. The minimum absolute atomic E-state index is 0.561. The zero-order valence-corrected chi connectivity index (χ0v) is 10.4. The highest BCUT2D eigenvalue weighted by molar-refractivity contribution is 5.04. The van der Waals surface area contributed by atoms with Gasteiger partial charge in [-0.2, -0.15) is 0 Å². The second-order valence-corrected chi connectivity index (χ2v) is 5.54. The van der Waals surface area contributed by atoms with Crippen LogP contribution in [0, 0.1) is 17.8 Å². The van der Waals surface area contributed by atoms with Gasteiger partial charge >= 0.3 is 0 Å². The standard InChI is InChI=1S/C14H25N/c1-4-12-6-8-13-7-5-10(2)15-11(3)14(13)9-12/h5,7,10-15H,4,6,8-9H2,1-3H3. The maximum atomic E-state index is 3.70. The van der Waals surface area contributed by atoms with Crippen molar-refractivity contribution in [2.24, 2.45) is 17.8 Å². The summed E-state index contributed by atoms with van der Waals surface area (Å²) in [5, 5.41) is 3.70. The van der Waals surface area contributed by atoms with E-state index in [4.69, 9.17) is 0 Å². The van der Waals surface area contributed by atoms with E-state index in [1.54, 1.807) is 0 Å². The van der Waals surface area contributed by atoms with Gasteiger partial charge in [0.25, 0.3) is 0 Å². The number of nitrogens with one attached hydrogen (secondary N) is 1. The van der Waals surface area contributed by atoms with Crippen molar-refractivity contribution < 1.29 is 0 Å². The Hall–Kier alpha value is -0.300. The van der Waals surface area contributed by atoms with E-state index in [0.717, 1.165) is 17.8 Å². The molecule has 1 nitrogen and oxygen atoms in total. The van der Waals surface area contributed by atoms with Crippen LogP contribution in [0.1, 0.15) is 46.5 Å². The molecule has 1 saturated carbocycles. The highest BCUT2D eigenvalue weighted by Gasteiger charge is 2.33. The van der Waals surface area contributed by atoms with Gasteiger partial charge in [0.1, 0.15) is 0 Å². The fourth-order valence-corrected chi connectivity index (χ4v) is 3.41. The molecule has 1 heterocycles. The van der Waals surface area contributed by atoms with E-state index in [1.807, 2.05) is 0 Å². The molecular weight excluding hydrogens is 182 g/mol. The van der Waals surface area contributed by atoms with Gasteiger partial charge < -0.3 is 5.32 Å². The zero-order chi connectivity index (χ0) is 10.8. The Morgan fingerprint density at radius 1 is 1.20 bits per heavy atom. The summed E-state index contributed by atoms with van der Waals surface area (Å²) in [5.41, 5.74) is 0. The molecule has 0 saturated heterocycles. The Morgan fingerprint density at radius 3 is 2.73 bits per heavy atom. The molecule has 2 rings (SSSR count). The first-order valence-corrected chi connectivity index (χ1v) is 6.65. The Bertz CT molecular complexity index is 233. The Balaban J connectivity index is 2.07. The molecule has 0 aromatic carbocycles. The first-order chi connectivity index (χ1) is 7.20. The average Bonchev–Trinajstić information content (AvgIpc) is 2.38. The summed E-state index contributed by atoms with van der Waals surface area (Å²) in [6, 6.07) is 1.25. The molecule has 0 radical (unpaired) electrons. The zero-order valence-electron chi connectivity index (χ0n) is 10.4. The van der Waals surface area contributed by atoms with Crippen LogP contribution in [-0.4, -0.2) is 12.1 Å². The molecule has 0 aromatic rings. The van der Waals surface area contributed by atoms with Gasteiger partial charge in [-0.05, 0) is 50.9 Å². The lowest BCUT2D eigenvalue weighted by atomic mass is 9.71. The minimum Gasteiger partial charge on any atom is -0.308 e. The van der Waals surface area contributed by atoms with Crippen LogP contribution in [0.4, 0.5) is 0 Å².